The monoisotopic (exact) mass is 178 g/mol. The van der Waals surface area contributed by atoms with Crippen molar-refractivity contribution < 1.29 is 12.6 Å². The van der Waals surface area contributed by atoms with E-state index in [-0.39, 0.29) is 11.5 Å². The maximum atomic E-state index is 10.7. The Labute approximate surface area is 67.9 Å². The zero-order valence-electron chi connectivity index (χ0n) is 7.12. The SMILES string of the molecule is CC(OS(C)(=O)=O)C1(C)CC1. The predicted octanol–water partition coefficient (Wildman–Crippen LogP) is 1.15. The highest BCUT2D eigenvalue weighted by Gasteiger charge is 2.44. The Kier molecular flexibility index (Phi) is 2.01. The average molecular weight is 178 g/mol. The molecule has 4 heteroatoms. The molecule has 1 unspecified atom stereocenters. The van der Waals surface area contributed by atoms with Crippen LogP contribution in [-0.4, -0.2) is 20.8 Å². The van der Waals surface area contributed by atoms with Gasteiger partial charge in [0.25, 0.3) is 10.1 Å². The molecule has 0 radical (unpaired) electrons. The molecule has 0 amide bonds. The van der Waals surface area contributed by atoms with Crippen LogP contribution in [0.5, 0.6) is 0 Å². The topological polar surface area (TPSA) is 43.4 Å². The van der Waals surface area contributed by atoms with E-state index in [1.54, 1.807) is 0 Å². The molecule has 1 aliphatic rings. The van der Waals surface area contributed by atoms with E-state index in [9.17, 15) is 8.42 Å². The zero-order chi connectivity index (χ0) is 8.70. The number of hydrogen-bond acceptors (Lipinski definition) is 3. The van der Waals surface area contributed by atoms with Gasteiger partial charge < -0.3 is 0 Å². The Morgan fingerprint density at radius 3 is 2.18 bits per heavy atom. The molecule has 1 atom stereocenters. The Hall–Kier alpha value is -0.0900. The normalized spacial score (nSPS) is 24.6. The Morgan fingerprint density at radius 2 is 1.91 bits per heavy atom. The van der Waals surface area contributed by atoms with Crippen LogP contribution in [0, 0.1) is 5.41 Å². The first-order chi connectivity index (χ1) is 4.83. The van der Waals surface area contributed by atoms with Crippen molar-refractivity contribution in [2.45, 2.75) is 32.8 Å². The molecule has 1 fully saturated rings. The van der Waals surface area contributed by atoms with E-state index in [0.717, 1.165) is 19.1 Å². The van der Waals surface area contributed by atoms with Crippen LogP contribution in [-0.2, 0) is 14.3 Å². The van der Waals surface area contributed by atoms with E-state index in [1.165, 1.54) is 0 Å². The van der Waals surface area contributed by atoms with E-state index in [0.29, 0.717) is 0 Å². The molecular formula is C7H14O3S. The highest BCUT2D eigenvalue weighted by molar-refractivity contribution is 7.86. The van der Waals surface area contributed by atoms with Crippen LogP contribution in [0.3, 0.4) is 0 Å². The molecule has 0 heterocycles. The molecular weight excluding hydrogens is 164 g/mol. The average Bonchev–Trinajstić information content (AvgIpc) is 2.44. The van der Waals surface area contributed by atoms with Gasteiger partial charge >= 0.3 is 0 Å². The second-order valence-electron chi connectivity index (χ2n) is 3.60. The van der Waals surface area contributed by atoms with Crippen LogP contribution >= 0.6 is 0 Å². The lowest BCUT2D eigenvalue weighted by Gasteiger charge is -2.16. The second kappa shape index (κ2) is 2.45. The van der Waals surface area contributed by atoms with Crippen molar-refractivity contribution in [3.05, 3.63) is 0 Å². The third-order valence-corrected chi connectivity index (χ3v) is 2.98. The van der Waals surface area contributed by atoms with Crippen LogP contribution in [0.1, 0.15) is 26.7 Å². The maximum Gasteiger partial charge on any atom is 0.264 e. The van der Waals surface area contributed by atoms with Gasteiger partial charge in [0.15, 0.2) is 0 Å². The van der Waals surface area contributed by atoms with E-state index in [1.807, 2.05) is 13.8 Å². The van der Waals surface area contributed by atoms with Crippen LogP contribution in [0.25, 0.3) is 0 Å². The van der Waals surface area contributed by atoms with Crippen molar-refractivity contribution in [3.63, 3.8) is 0 Å². The lowest BCUT2D eigenvalue weighted by atomic mass is 10.0. The summed E-state index contributed by atoms with van der Waals surface area (Å²) >= 11 is 0. The summed E-state index contributed by atoms with van der Waals surface area (Å²) in [6, 6.07) is 0. The second-order valence-corrected chi connectivity index (χ2v) is 5.20. The van der Waals surface area contributed by atoms with E-state index in [2.05, 4.69) is 0 Å². The van der Waals surface area contributed by atoms with Gasteiger partial charge in [-0.1, -0.05) is 6.92 Å². The first kappa shape index (κ1) is 9.00. The van der Waals surface area contributed by atoms with Crippen LogP contribution in [0.4, 0.5) is 0 Å². The lowest BCUT2D eigenvalue weighted by molar-refractivity contribution is 0.156. The minimum Gasteiger partial charge on any atom is -0.267 e. The van der Waals surface area contributed by atoms with Crippen molar-refractivity contribution >= 4 is 10.1 Å². The molecule has 0 N–H and O–H groups in total. The van der Waals surface area contributed by atoms with Gasteiger partial charge in [0, 0.05) is 0 Å². The molecule has 66 valence electrons. The summed E-state index contributed by atoms with van der Waals surface area (Å²) in [5.74, 6) is 0. The molecule has 0 aromatic rings. The van der Waals surface area contributed by atoms with E-state index < -0.39 is 10.1 Å². The number of rotatable bonds is 3. The zero-order valence-corrected chi connectivity index (χ0v) is 7.94. The largest absolute Gasteiger partial charge is 0.267 e. The molecule has 0 saturated heterocycles. The van der Waals surface area contributed by atoms with Crippen LogP contribution in [0.2, 0.25) is 0 Å². The third-order valence-electron chi connectivity index (χ3n) is 2.34. The molecule has 11 heavy (non-hydrogen) atoms. The van der Waals surface area contributed by atoms with Gasteiger partial charge in [-0.05, 0) is 25.2 Å². The van der Waals surface area contributed by atoms with Crippen molar-refractivity contribution in [1.29, 1.82) is 0 Å². The molecule has 0 aromatic heterocycles. The molecule has 3 nitrogen and oxygen atoms in total. The van der Waals surface area contributed by atoms with Crippen molar-refractivity contribution in [3.8, 4) is 0 Å². The molecule has 0 aliphatic heterocycles. The van der Waals surface area contributed by atoms with Gasteiger partial charge in [-0.2, -0.15) is 8.42 Å². The van der Waals surface area contributed by atoms with E-state index in [4.69, 9.17) is 4.18 Å². The summed E-state index contributed by atoms with van der Waals surface area (Å²) in [5.41, 5.74) is 0.114. The fourth-order valence-corrected chi connectivity index (χ4v) is 1.74. The standard InChI is InChI=1S/C7H14O3S/c1-6(7(2)4-5-7)10-11(3,8)9/h6H,4-5H2,1-3H3. The first-order valence-corrected chi connectivity index (χ1v) is 5.53. The Morgan fingerprint density at radius 1 is 1.45 bits per heavy atom. The summed E-state index contributed by atoms with van der Waals surface area (Å²) in [5, 5.41) is 0. The summed E-state index contributed by atoms with van der Waals surface area (Å²) in [6.45, 7) is 3.86. The summed E-state index contributed by atoms with van der Waals surface area (Å²) in [7, 11) is -3.27. The highest BCUT2D eigenvalue weighted by atomic mass is 32.2. The molecule has 0 spiro atoms. The molecule has 1 aliphatic carbocycles. The van der Waals surface area contributed by atoms with Crippen molar-refractivity contribution in [2.75, 3.05) is 6.26 Å². The third kappa shape index (κ3) is 2.45. The number of hydrogen-bond donors (Lipinski definition) is 0. The highest BCUT2D eigenvalue weighted by Crippen LogP contribution is 2.49. The molecule has 0 bridgehead atoms. The maximum absolute atomic E-state index is 10.7. The quantitative estimate of drug-likeness (QED) is 0.609. The minimum atomic E-state index is -3.27. The van der Waals surface area contributed by atoms with Gasteiger partial charge in [-0.25, -0.2) is 0 Å². The van der Waals surface area contributed by atoms with Gasteiger partial charge in [0.2, 0.25) is 0 Å². The van der Waals surface area contributed by atoms with Gasteiger partial charge in [0.05, 0.1) is 12.4 Å². The van der Waals surface area contributed by atoms with Crippen LogP contribution in [0.15, 0.2) is 0 Å². The fourth-order valence-electron chi connectivity index (χ4n) is 0.982. The van der Waals surface area contributed by atoms with Gasteiger partial charge in [0.1, 0.15) is 0 Å². The Balaban J connectivity index is 2.51. The van der Waals surface area contributed by atoms with Gasteiger partial charge in [-0.3, -0.25) is 4.18 Å². The van der Waals surface area contributed by atoms with Crippen LogP contribution < -0.4 is 0 Å². The fraction of sp³-hybridized carbons (Fsp3) is 1.00. The first-order valence-electron chi connectivity index (χ1n) is 3.72. The van der Waals surface area contributed by atoms with Gasteiger partial charge in [-0.15, -0.1) is 0 Å². The molecule has 1 saturated carbocycles. The summed E-state index contributed by atoms with van der Waals surface area (Å²) in [6.07, 6.45) is 3.07. The smallest absolute Gasteiger partial charge is 0.264 e. The Bertz CT molecular complexity index is 238. The van der Waals surface area contributed by atoms with E-state index >= 15 is 0 Å². The predicted molar refractivity (Wildman–Crippen MR) is 42.7 cm³/mol. The summed E-state index contributed by atoms with van der Waals surface area (Å²) < 4.78 is 26.2. The minimum absolute atomic E-state index is 0.114. The lowest BCUT2D eigenvalue weighted by Crippen LogP contribution is -2.22. The molecule has 1 rings (SSSR count). The van der Waals surface area contributed by atoms with Crippen molar-refractivity contribution in [2.24, 2.45) is 5.41 Å². The molecule has 0 aromatic carbocycles. The van der Waals surface area contributed by atoms with Crippen molar-refractivity contribution in [1.82, 2.24) is 0 Å². The summed E-state index contributed by atoms with van der Waals surface area (Å²) in [4.78, 5) is 0.